The Morgan fingerprint density at radius 2 is 1.76 bits per heavy atom. The molecule has 1 aliphatic heterocycles. The second kappa shape index (κ2) is 9.34. The van der Waals surface area contributed by atoms with Crippen LogP contribution < -0.4 is 5.32 Å². The summed E-state index contributed by atoms with van der Waals surface area (Å²) in [7, 11) is 0. The highest BCUT2D eigenvalue weighted by molar-refractivity contribution is 6.04. The molecular formula is C28H30N2O3. The molecule has 2 unspecified atom stereocenters. The Balaban J connectivity index is 1.51. The van der Waals surface area contributed by atoms with Crippen molar-refractivity contribution >= 4 is 11.8 Å². The first-order valence-electron chi connectivity index (χ1n) is 12.0. The second-order valence-corrected chi connectivity index (χ2v) is 9.35. The molecule has 1 aromatic heterocycles. The summed E-state index contributed by atoms with van der Waals surface area (Å²) in [6, 6.07) is 15.8. The number of hydrogen-bond acceptors (Lipinski definition) is 5. The Kier molecular flexibility index (Phi) is 6.12. The number of nitrogens with zero attached hydrogens (tertiary/aromatic N) is 1. The highest BCUT2D eigenvalue weighted by atomic mass is 16.5. The lowest BCUT2D eigenvalue weighted by Crippen LogP contribution is -2.37. The van der Waals surface area contributed by atoms with Gasteiger partial charge in [-0.25, -0.2) is 4.79 Å². The van der Waals surface area contributed by atoms with E-state index in [0.29, 0.717) is 23.3 Å². The third kappa shape index (κ3) is 4.37. The minimum absolute atomic E-state index is 0.0455. The molecular weight excluding hydrogens is 412 g/mol. The zero-order valence-corrected chi connectivity index (χ0v) is 19.0. The number of nitrogens with one attached hydrogen (secondary N) is 1. The number of Topliss-reactive ketones (excluding diaryl/α,β-unsaturated/α-hetero) is 1. The Morgan fingerprint density at radius 1 is 1.00 bits per heavy atom. The number of ether oxygens (including phenoxy) is 1. The van der Waals surface area contributed by atoms with E-state index in [2.05, 4.69) is 22.4 Å². The Hall–Kier alpha value is -3.21. The number of aromatic nitrogens is 1. The molecule has 0 saturated heterocycles. The number of carbonyl (C=O) groups is 2. The van der Waals surface area contributed by atoms with Crippen LogP contribution in [-0.4, -0.2) is 22.8 Å². The first-order valence-corrected chi connectivity index (χ1v) is 12.0. The van der Waals surface area contributed by atoms with Gasteiger partial charge in [-0.1, -0.05) is 42.8 Å². The molecule has 0 amide bonds. The summed E-state index contributed by atoms with van der Waals surface area (Å²) in [4.78, 5) is 31.6. The van der Waals surface area contributed by atoms with Gasteiger partial charge in [-0.05, 0) is 62.6 Å². The zero-order chi connectivity index (χ0) is 22.8. The number of allylic oxidation sites excluding steroid dienone is 3. The SMILES string of the molecule is CC1=C(C(=O)OC2CCCCC2)C(c2ccccn2)C2=C(CC(c3ccccc3)CC2=O)N1. The summed E-state index contributed by atoms with van der Waals surface area (Å²) in [5.74, 6) is -0.628. The van der Waals surface area contributed by atoms with Crippen molar-refractivity contribution < 1.29 is 14.3 Å². The third-order valence-corrected chi connectivity index (χ3v) is 7.13. The van der Waals surface area contributed by atoms with E-state index in [1.54, 1.807) is 6.20 Å². The van der Waals surface area contributed by atoms with Gasteiger partial charge < -0.3 is 10.1 Å². The fourth-order valence-corrected chi connectivity index (χ4v) is 5.51. The summed E-state index contributed by atoms with van der Waals surface area (Å²) in [5, 5.41) is 3.43. The summed E-state index contributed by atoms with van der Waals surface area (Å²) in [6.07, 6.45) is 8.03. The molecule has 2 heterocycles. The van der Waals surface area contributed by atoms with E-state index in [1.807, 2.05) is 43.3 Å². The number of hydrogen-bond donors (Lipinski definition) is 1. The number of ketones is 1. The molecule has 2 aromatic rings. The van der Waals surface area contributed by atoms with Crippen molar-refractivity contribution in [2.75, 3.05) is 0 Å². The van der Waals surface area contributed by atoms with Crippen LogP contribution in [0.2, 0.25) is 0 Å². The van der Waals surface area contributed by atoms with Crippen molar-refractivity contribution in [2.45, 2.75) is 69.8 Å². The average molecular weight is 443 g/mol. The van der Waals surface area contributed by atoms with Crippen LogP contribution in [0.1, 0.15) is 75.0 Å². The van der Waals surface area contributed by atoms with Gasteiger partial charge in [0.05, 0.1) is 17.2 Å². The van der Waals surface area contributed by atoms with E-state index in [-0.39, 0.29) is 23.8 Å². The smallest absolute Gasteiger partial charge is 0.337 e. The normalized spacial score (nSPS) is 23.7. The van der Waals surface area contributed by atoms with Gasteiger partial charge in [0, 0.05) is 29.6 Å². The molecule has 5 rings (SSSR count). The number of rotatable bonds is 4. The number of benzene rings is 1. The molecule has 5 nitrogen and oxygen atoms in total. The molecule has 3 aliphatic rings. The molecule has 1 N–H and O–H groups in total. The highest BCUT2D eigenvalue weighted by Crippen LogP contribution is 2.45. The molecule has 1 aromatic carbocycles. The van der Waals surface area contributed by atoms with Gasteiger partial charge in [0.25, 0.3) is 0 Å². The van der Waals surface area contributed by atoms with Gasteiger partial charge >= 0.3 is 5.97 Å². The van der Waals surface area contributed by atoms with Gasteiger partial charge in [0.1, 0.15) is 6.10 Å². The van der Waals surface area contributed by atoms with E-state index in [4.69, 9.17) is 4.74 Å². The quantitative estimate of drug-likeness (QED) is 0.649. The van der Waals surface area contributed by atoms with E-state index in [9.17, 15) is 9.59 Å². The van der Waals surface area contributed by atoms with Crippen LogP contribution in [0.25, 0.3) is 0 Å². The van der Waals surface area contributed by atoms with Gasteiger partial charge in [0.15, 0.2) is 5.78 Å². The maximum atomic E-state index is 13.6. The molecule has 1 saturated carbocycles. The van der Waals surface area contributed by atoms with E-state index in [0.717, 1.165) is 49.1 Å². The fourth-order valence-electron chi connectivity index (χ4n) is 5.51. The Morgan fingerprint density at radius 3 is 2.48 bits per heavy atom. The molecule has 0 spiro atoms. The minimum Gasteiger partial charge on any atom is -0.459 e. The second-order valence-electron chi connectivity index (χ2n) is 9.35. The zero-order valence-electron chi connectivity index (χ0n) is 19.0. The van der Waals surface area contributed by atoms with Gasteiger partial charge in [0.2, 0.25) is 0 Å². The lowest BCUT2D eigenvalue weighted by Gasteiger charge is -2.36. The van der Waals surface area contributed by atoms with E-state index < -0.39 is 5.92 Å². The summed E-state index contributed by atoms with van der Waals surface area (Å²) < 4.78 is 5.96. The van der Waals surface area contributed by atoms with Crippen LogP contribution in [0, 0.1) is 0 Å². The van der Waals surface area contributed by atoms with Crippen molar-refractivity contribution in [2.24, 2.45) is 0 Å². The van der Waals surface area contributed by atoms with Crippen LogP contribution in [0.5, 0.6) is 0 Å². The standard InChI is InChI=1S/C28H30N2O3/c1-18-25(28(32)33-21-12-6-3-7-13-21)27(22-14-8-9-15-29-22)26-23(30-18)16-20(17-24(26)31)19-10-4-2-5-11-19/h2,4-5,8-11,14-15,20-21,27,30H,3,6-7,12-13,16-17H2,1H3. The topological polar surface area (TPSA) is 68.3 Å². The largest absolute Gasteiger partial charge is 0.459 e. The maximum absolute atomic E-state index is 13.6. The van der Waals surface area contributed by atoms with Gasteiger partial charge in [-0.3, -0.25) is 9.78 Å². The minimum atomic E-state index is -0.497. The predicted octanol–water partition coefficient (Wildman–Crippen LogP) is 5.32. The molecule has 0 bridgehead atoms. The van der Waals surface area contributed by atoms with Gasteiger partial charge in [-0.2, -0.15) is 0 Å². The first kappa shape index (κ1) is 21.6. The molecule has 170 valence electrons. The summed E-state index contributed by atoms with van der Waals surface area (Å²) in [6.45, 7) is 1.91. The van der Waals surface area contributed by atoms with Crippen LogP contribution in [0.15, 0.2) is 77.3 Å². The highest BCUT2D eigenvalue weighted by Gasteiger charge is 2.42. The van der Waals surface area contributed by atoms with Crippen LogP contribution in [-0.2, 0) is 14.3 Å². The third-order valence-electron chi connectivity index (χ3n) is 7.13. The molecule has 0 radical (unpaired) electrons. The lowest BCUT2D eigenvalue weighted by molar-refractivity contribution is -0.146. The van der Waals surface area contributed by atoms with Crippen molar-refractivity contribution in [1.29, 1.82) is 0 Å². The predicted molar refractivity (Wildman–Crippen MR) is 126 cm³/mol. The monoisotopic (exact) mass is 442 g/mol. The van der Waals surface area contributed by atoms with Crippen LogP contribution in [0.3, 0.4) is 0 Å². The number of esters is 1. The Bertz CT molecular complexity index is 1100. The summed E-state index contributed by atoms with van der Waals surface area (Å²) >= 11 is 0. The fraction of sp³-hybridized carbons (Fsp3) is 0.393. The number of dihydropyridines is 1. The molecule has 1 fully saturated rings. The van der Waals surface area contributed by atoms with E-state index >= 15 is 0 Å². The molecule has 2 aliphatic carbocycles. The molecule has 33 heavy (non-hydrogen) atoms. The van der Waals surface area contributed by atoms with Gasteiger partial charge in [-0.15, -0.1) is 0 Å². The van der Waals surface area contributed by atoms with Crippen molar-refractivity contribution in [3.8, 4) is 0 Å². The average Bonchev–Trinajstić information content (AvgIpc) is 2.84. The first-order chi connectivity index (χ1) is 16.1. The van der Waals surface area contributed by atoms with Crippen LogP contribution >= 0.6 is 0 Å². The lowest BCUT2D eigenvalue weighted by atomic mass is 9.73. The van der Waals surface area contributed by atoms with Crippen molar-refractivity contribution in [1.82, 2.24) is 10.3 Å². The Labute approximate surface area is 195 Å². The maximum Gasteiger partial charge on any atom is 0.337 e. The molecule has 5 heteroatoms. The van der Waals surface area contributed by atoms with E-state index in [1.165, 1.54) is 6.42 Å². The number of carbonyl (C=O) groups excluding carboxylic acids is 2. The number of pyridine rings is 1. The van der Waals surface area contributed by atoms with Crippen LogP contribution in [0.4, 0.5) is 0 Å². The van der Waals surface area contributed by atoms with Crippen molar-refractivity contribution in [3.63, 3.8) is 0 Å². The molecule has 2 atom stereocenters. The van der Waals surface area contributed by atoms with Crippen molar-refractivity contribution in [3.05, 3.63) is 88.5 Å². The summed E-state index contributed by atoms with van der Waals surface area (Å²) in [5.41, 5.74) is 4.73.